The third-order valence-corrected chi connectivity index (χ3v) is 6.20. The second-order valence-corrected chi connectivity index (χ2v) is 8.34. The summed E-state index contributed by atoms with van der Waals surface area (Å²) in [4.78, 5) is 39.1. The quantitative estimate of drug-likeness (QED) is 0.308. The number of benzene rings is 2. The molecular weight excluding hydrogens is 422 g/mol. The Balaban J connectivity index is 1.56. The number of likely N-dealkylation sites (tertiary alicyclic amines) is 1. The van der Waals surface area contributed by atoms with Crippen molar-refractivity contribution in [3.05, 3.63) is 80.1 Å². The molecule has 0 aromatic heterocycles. The summed E-state index contributed by atoms with van der Waals surface area (Å²) in [6, 6.07) is 14.1. The van der Waals surface area contributed by atoms with Gasteiger partial charge in [-0.1, -0.05) is 43.3 Å². The average molecular weight is 450 g/mol. The number of carbonyl (C=O) groups is 1. The van der Waals surface area contributed by atoms with Gasteiger partial charge < -0.3 is 25.7 Å². The van der Waals surface area contributed by atoms with Crippen molar-refractivity contribution in [1.82, 2.24) is 4.90 Å². The van der Waals surface area contributed by atoms with E-state index in [1.54, 1.807) is 17.0 Å². The van der Waals surface area contributed by atoms with Crippen LogP contribution in [0.3, 0.4) is 0 Å². The van der Waals surface area contributed by atoms with Gasteiger partial charge in [0.2, 0.25) is 0 Å². The fourth-order valence-electron chi connectivity index (χ4n) is 4.22. The fraction of sp³-hybridized carbons (Fsp3) is 0.320. The Morgan fingerprint density at radius 1 is 1.09 bits per heavy atom. The van der Waals surface area contributed by atoms with Gasteiger partial charge >= 0.3 is 0 Å². The van der Waals surface area contributed by atoms with Gasteiger partial charge in [0, 0.05) is 25.6 Å². The summed E-state index contributed by atoms with van der Waals surface area (Å²) in [5.41, 5.74) is 0.186. The van der Waals surface area contributed by atoms with Crippen LogP contribution in [0.15, 0.2) is 58.1 Å². The number of hydrogen-bond donors (Lipinski definition) is 4. The minimum Gasteiger partial charge on any atom is -0.505 e. The molecule has 3 aromatic rings. The molecule has 0 bridgehead atoms. The van der Waals surface area contributed by atoms with Crippen LogP contribution in [0, 0.1) is 5.92 Å². The SMILES string of the molecule is CC[C@@H](Nc1c(Nc2cccc(C(=O)N3CC[C@H](CO)C3)c2O)c(=O)c1=O)c1ccccc1. The van der Waals surface area contributed by atoms with Gasteiger partial charge in [0.15, 0.2) is 5.75 Å². The maximum Gasteiger partial charge on any atom is 0.257 e. The van der Waals surface area contributed by atoms with E-state index in [0.29, 0.717) is 25.9 Å². The van der Waals surface area contributed by atoms with E-state index in [-0.39, 0.29) is 52.8 Å². The Morgan fingerprint density at radius 3 is 2.48 bits per heavy atom. The predicted octanol–water partition coefficient (Wildman–Crippen LogP) is 2.75. The van der Waals surface area contributed by atoms with Crippen LogP contribution in [0.2, 0.25) is 0 Å². The van der Waals surface area contributed by atoms with Crippen LogP contribution in [-0.2, 0) is 0 Å². The lowest BCUT2D eigenvalue weighted by Crippen LogP contribution is -2.37. The first kappa shape index (κ1) is 22.5. The molecule has 0 saturated carbocycles. The smallest absolute Gasteiger partial charge is 0.257 e. The minimum atomic E-state index is -0.679. The number of aliphatic hydroxyl groups excluding tert-OH is 1. The number of rotatable bonds is 8. The lowest BCUT2D eigenvalue weighted by Gasteiger charge is -2.23. The van der Waals surface area contributed by atoms with E-state index in [2.05, 4.69) is 10.6 Å². The van der Waals surface area contributed by atoms with Gasteiger partial charge in [-0.2, -0.15) is 0 Å². The van der Waals surface area contributed by atoms with Gasteiger partial charge in [-0.15, -0.1) is 0 Å². The Morgan fingerprint density at radius 2 is 1.82 bits per heavy atom. The molecule has 1 fully saturated rings. The number of aromatic hydroxyl groups is 1. The van der Waals surface area contributed by atoms with Gasteiger partial charge in [0.1, 0.15) is 11.4 Å². The van der Waals surface area contributed by atoms with Crippen LogP contribution in [0.1, 0.15) is 41.7 Å². The third-order valence-electron chi connectivity index (χ3n) is 6.20. The summed E-state index contributed by atoms with van der Waals surface area (Å²) in [6.45, 7) is 2.92. The van der Waals surface area contributed by atoms with Crippen LogP contribution >= 0.6 is 0 Å². The molecule has 8 heteroatoms. The van der Waals surface area contributed by atoms with Crippen molar-refractivity contribution < 1.29 is 15.0 Å². The molecule has 8 nitrogen and oxygen atoms in total. The van der Waals surface area contributed by atoms with E-state index in [1.165, 1.54) is 6.07 Å². The van der Waals surface area contributed by atoms with Crippen molar-refractivity contribution in [2.45, 2.75) is 25.8 Å². The lowest BCUT2D eigenvalue weighted by atomic mass is 10.0. The Kier molecular flexibility index (Phi) is 6.46. The number of phenols is 1. The summed E-state index contributed by atoms with van der Waals surface area (Å²) in [6.07, 6.45) is 1.40. The topological polar surface area (TPSA) is 119 Å². The largest absolute Gasteiger partial charge is 0.505 e. The van der Waals surface area contributed by atoms with Crippen molar-refractivity contribution in [1.29, 1.82) is 0 Å². The fourth-order valence-corrected chi connectivity index (χ4v) is 4.22. The zero-order chi connectivity index (χ0) is 23.5. The van der Waals surface area contributed by atoms with Crippen LogP contribution in [-0.4, -0.2) is 40.7 Å². The minimum absolute atomic E-state index is 0.0131. The number of nitrogens with one attached hydrogen (secondary N) is 2. The number of hydrogen-bond acceptors (Lipinski definition) is 7. The van der Waals surface area contributed by atoms with Crippen LogP contribution in [0.4, 0.5) is 17.1 Å². The number of aliphatic hydroxyl groups is 1. The molecule has 4 rings (SSSR count). The Labute approximate surface area is 191 Å². The lowest BCUT2D eigenvalue weighted by molar-refractivity contribution is 0.0779. The molecule has 0 spiro atoms. The van der Waals surface area contributed by atoms with E-state index >= 15 is 0 Å². The first-order chi connectivity index (χ1) is 15.9. The molecule has 0 radical (unpaired) electrons. The first-order valence-electron chi connectivity index (χ1n) is 11.1. The zero-order valence-corrected chi connectivity index (χ0v) is 18.4. The standard InChI is InChI=1S/C25H27N3O5/c1-2-18(16-7-4-3-5-8-16)26-20-21(24(32)23(20)31)27-19-10-6-9-17(22(19)30)25(33)28-12-11-15(13-28)14-29/h3-10,15,18,26-27,29-30H,2,11-14H2,1H3/t15-,18+/m0/s1. The third kappa shape index (κ3) is 4.34. The molecule has 3 aromatic carbocycles. The summed E-state index contributed by atoms with van der Waals surface area (Å²) in [5, 5.41) is 26.1. The molecule has 0 unspecified atom stereocenters. The number of carbonyl (C=O) groups excluding carboxylic acids is 1. The van der Waals surface area contributed by atoms with Crippen LogP contribution < -0.4 is 21.5 Å². The van der Waals surface area contributed by atoms with Gasteiger partial charge in [-0.3, -0.25) is 14.4 Å². The summed E-state index contributed by atoms with van der Waals surface area (Å²) < 4.78 is 0. The number of anilines is 3. The molecule has 1 aliphatic heterocycles. The summed E-state index contributed by atoms with van der Waals surface area (Å²) in [5.74, 6) is -0.597. The monoisotopic (exact) mass is 449 g/mol. The predicted molar refractivity (Wildman–Crippen MR) is 127 cm³/mol. The number of amides is 1. The van der Waals surface area contributed by atoms with Crippen molar-refractivity contribution in [2.75, 3.05) is 30.3 Å². The molecule has 0 aliphatic carbocycles. The molecule has 1 saturated heterocycles. The van der Waals surface area contributed by atoms with Gasteiger partial charge in [0.25, 0.3) is 16.8 Å². The van der Waals surface area contributed by atoms with E-state index in [9.17, 15) is 24.6 Å². The number of para-hydroxylation sites is 1. The van der Waals surface area contributed by atoms with Crippen molar-refractivity contribution >= 4 is 23.0 Å². The van der Waals surface area contributed by atoms with Crippen molar-refractivity contribution in [2.24, 2.45) is 5.92 Å². The van der Waals surface area contributed by atoms with E-state index in [0.717, 1.165) is 5.56 Å². The van der Waals surface area contributed by atoms with Gasteiger partial charge in [-0.25, -0.2) is 0 Å². The van der Waals surface area contributed by atoms with Gasteiger partial charge in [0.05, 0.1) is 17.3 Å². The highest BCUT2D eigenvalue weighted by atomic mass is 16.3. The first-order valence-corrected chi connectivity index (χ1v) is 11.1. The molecule has 1 amide bonds. The van der Waals surface area contributed by atoms with Crippen molar-refractivity contribution in [3.63, 3.8) is 0 Å². The highest BCUT2D eigenvalue weighted by molar-refractivity contribution is 5.99. The summed E-state index contributed by atoms with van der Waals surface area (Å²) in [7, 11) is 0. The van der Waals surface area contributed by atoms with Crippen LogP contribution in [0.5, 0.6) is 5.75 Å². The van der Waals surface area contributed by atoms with Crippen LogP contribution in [0.25, 0.3) is 0 Å². The molecule has 1 heterocycles. The Hall–Kier alpha value is -3.65. The zero-order valence-electron chi connectivity index (χ0n) is 18.4. The van der Waals surface area contributed by atoms with Gasteiger partial charge in [-0.05, 0) is 30.5 Å². The number of phenolic OH excluding ortho intramolecular Hbond substituents is 1. The highest BCUT2D eigenvalue weighted by Crippen LogP contribution is 2.34. The molecule has 33 heavy (non-hydrogen) atoms. The molecule has 4 N–H and O–H groups in total. The van der Waals surface area contributed by atoms with Crippen molar-refractivity contribution in [3.8, 4) is 5.75 Å². The normalized spacial score (nSPS) is 16.7. The molecule has 2 atom stereocenters. The summed E-state index contributed by atoms with van der Waals surface area (Å²) >= 11 is 0. The maximum atomic E-state index is 12.9. The molecular formula is C25H27N3O5. The highest BCUT2D eigenvalue weighted by Gasteiger charge is 2.29. The second-order valence-electron chi connectivity index (χ2n) is 8.34. The van der Waals surface area contributed by atoms with E-state index in [4.69, 9.17) is 0 Å². The van der Waals surface area contributed by atoms with E-state index in [1.807, 2.05) is 37.3 Å². The maximum absolute atomic E-state index is 12.9. The average Bonchev–Trinajstić information content (AvgIpc) is 3.34. The number of nitrogens with zero attached hydrogens (tertiary/aromatic N) is 1. The molecule has 172 valence electrons. The second kappa shape index (κ2) is 9.46. The van der Waals surface area contributed by atoms with E-state index < -0.39 is 10.9 Å². The Bertz CT molecular complexity index is 1220. The molecule has 1 aliphatic rings.